The predicted molar refractivity (Wildman–Crippen MR) is 75.3 cm³/mol. The van der Waals surface area contributed by atoms with Gasteiger partial charge < -0.3 is 10.1 Å². The normalized spacial score (nSPS) is 19.3. The van der Waals surface area contributed by atoms with E-state index < -0.39 is 0 Å². The third-order valence-corrected chi connectivity index (χ3v) is 3.68. The highest BCUT2D eigenvalue weighted by Gasteiger charge is 2.16. The van der Waals surface area contributed by atoms with Crippen LogP contribution < -0.4 is 10.1 Å². The van der Waals surface area contributed by atoms with Crippen molar-refractivity contribution >= 4 is 10.8 Å². The van der Waals surface area contributed by atoms with Gasteiger partial charge in [0.25, 0.3) is 0 Å². The van der Waals surface area contributed by atoms with E-state index in [1.165, 1.54) is 22.8 Å². The van der Waals surface area contributed by atoms with Crippen molar-refractivity contribution in [2.75, 3.05) is 19.7 Å². The lowest BCUT2D eigenvalue weighted by Gasteiger charge is -2.11. The molecule has 1 aliphatic heterocycles. The second kappa shape index (κ2) is 4.99. The molecule has 1 aliphatic rings. The monoisotopic (exact) mass is 241 g/mol. The van der Waals surface area contributed by atoms with Gasteiger partial charge in [0.2, 0.25) is 0 Å². The lowest BCUT2D eigenvalue weighted by molar-refractivity contribution is 0.341. The minimum Gasteiger partial charge on any atom is -0.494 e. The molecule has 18 heavy (non-hydrogen) atoms. The molecule has 0 spiro atoms. The van der Waals surface area contributed by atoms with Gasteiger partial charge in [-0.1, -0.05) is 24.3 Å². The molecule has 0 bridgehead atoms. The topological polar surface area (TPSA) is 21.3 Å². The molecule has 0 radical (unpaired) electrons. The van der Waals surface area contributed by atoms with Crippen LogP contribution in [0.3, 0.4) is 0 Å². The molecular formula is C16H19NO. The molecule has 2 nitrogen and oxygen atoms in total. The van der Waals surface area contributed by atoms with Crippen molar-refractivity contribution in [3.8, 4) is 5.75 Å². The summed E-state index contributed by atoms with van der Waals surface area (Å²) >= 11 is 0. The van der Waals surface area contributed by atoms with Gasteiger partial charge in [-0.3, -0.25) is 0 Å². The summed E-state index contributed by atoms with van der Waals surface area (Å²) in [6.07, 6.45) is 1.25. The summed E-state index contributed by atoms with van der Waals surface area (Å²) in [6, 6.07) is 13.1. The summed E-state index contributed by atoms with van der Waals surface area (Å²) in [4.78, 5) is 0. The summed E-state index contributed by atoms with van der Waals surface area (Å²) in [5, 5.41) is 5.99. The first-order valence-corrected chi connectivity index (χ1v) is 6.74. The Kier molecular flexibility index (Phi) is 3.20. The summed E-state index contributed by atoms with van der Waals surface area (Å²) < 4.78 is 5.53. The Balaban J connectivity index is 1.94. The fourth-order valence-corrected chi connectivity index (χ4v) is 2.69. The van der Waals surface area contributed by atoms with Crippen molar-refractivity contribution in [1.29, 1.82) is 0 Å². The molecule has 1 atom stereocenters. The van der Waals surface area contributed by atoms with Gasteiger partial charge in [-0.2, -0.15) is 0 Å². The Morgan fingerprint density at radius 2 is 2.00 bits per heavy atom. The van der Waals surface area contributed by atoms with Crippen LogP contribution in [-0.2, 0) is 0 Å². The molecule has 0 amide bonds. The van der Waals surface area contributed by atoms with Crippen molar-refractivity contribution in [2.45, 2.75) is 19.3 Å². The Hall–Kier alpha value is -1.54. The number of fused-ring (bicyclic) bond motifs is 1. The number of ether oxygens (including phenoxy) is 1. The highest BCUT2D eigenvalue weighted by Crippen LogP contribution is 2.27. The van der Waals surface area contributed by atoms with Crippen LogP contribution in [-0.4, -0.2) is 19.7 Å². The lowest BCUT2D eigenvalue weighted by Crippen LogP contribution is -2.07. The van der Waals surface area contributed by atoms with E-state index >= 15 is 0 Å². The van der Waals surface area contributed by atoms with Gasteiger partial charge in [0.1, 0.15) is 5.75 Å². The molecule has 1 fully saturated rings. The van der Waals surface area contributed by atoms with E-state index in [9.17, 15) is 0 Å². The first kappa shape index (κ1) is 11.5. The molecule has 1 saturated heterocycles. The minimum absolute atomic E-state index is 0.681. The van der Waals surface area contributed by atoms with Gasteiger partial charge in [0.15, 0.2) is 0 Å². The summed E-state index contributed by atoms with van der Waals surface area (Å²) in [5.41, 5.74) is 1.46. The van der Waals surface area contributed by atoms with E-state index in [-0.39, 0.29) is 0 Å². The van der Waals surface area contributed by atoms with Gasteiger partial charge >= 0.3 is 0 Å². The maximum atomic E-state index is 5.53. The molecule has 2 aromatic carbocycles. The van der Waals surface area contributed by atoms with Gasteiger partial charge in [-0.25, -0.2) is 0 Å². The smallest absolute Gasteiger partial charge is 0.119 e. The van der Waals surface area contributed by atoms with Gasteiger partial charge in [0.05, 0.1) is 6.61 Å². The molecule has 0 aliphatic carbocycles. The zero-order chi connectivity index (χ0) is 12.4. The van der Waals surface area contributed by atoms with Crippen molar-refractivity contribution in [3.05, 3.63) is 42.0 Å². The minimum atomic E-state index is 0.681. The summed E-state index contributed by atoms with van der Waals surface area (Å²) in [5.74, 6) is 1.64. The van der Waals surface area contributed by atoms with Crippen LogP contribution in [0.15, 0.2) is 36.4 Å². The zero-order valence-electron chi connectivity index (χ0n) is 10.8. The van der Waals surface area contributed by atoms with Crippen LogP contribution in [0.4, 0.5) is 0 Å². The molecule has 0 saturated carbocycles. The lowest BCUT2D eigenvalue weighted by atomic mass is 9.96. The molecule has 3 rings (SSSR count). The summed E-state index contributed by atoms with van der Waals surface area (Å²) in [7, 11) is 0. The van der Waals surface area contributed by atoms with Gasteiger partial charge in [-0.05, 0) is 54.3 Å². The third-order valence-electron chi connectivity index (χ3n) is 3.68. The number of benzene rings is 2. The fourth-order valence-electron chi connectivity index (χ4n) is 2.69. The van der Waals surface area contributed by atoms with E-state index in [4.69, 9.17) is 4.74 Å². The maximum absolute atomic E-state index is 5.53. The van der Waals surface area contributed by atoms with Crippen LogP contribution >= 0.6 is 0 Å². The SMILES string of the molecule is CCOc1ccc2cc(C3CCNC3)ccc2c1. The number of rotatable bonds is 3. The number of nitrogens with one attached hydrogen (secondary N) is 1. The Morgan fingerprint density at radius 3 is 2.78 bits per heavy atom. The molecule has 0 aromatic heterocycles. The molecule has 2 aromatic rings. The predicted octanol–water partition coefficient (Wildman–Crippen LogP) is 3.32. The van der Waals surface area contributed by atoms with Crippen LogP contribution in [0.25, 0.3) is 10.8 Å². The van der Waals surface area contributed by atoms with Crippen molar-refractivity contribution in [1.82, 2.24) is 5.32 Å². The average molecular weight is 241 g/mol. The van der Waals surface area contributed by atoms with E-state index in [1.54, 1.807) is 0 Å². The van der Waals surface area contributed by atoms with E-state index in [1.807, 2.05) is 6.92 Å². The van der Waals surface area contributed by atoms with Crippen molar-refractivity contribution in [3.63, 3.8) is 0 Å². The van der Waals surface area contributed by atoms with Crippen LogP contribution in [0, 0.1) is 0 Å². The molecule has 1 N–H and O–H groups in total. The molecule has 1 heterocycles. The standard InChI is InChI=1S/C16H19NO/c1-2-18-16-6-5-12-9-13(3-4-14(12)10-16)15-7-8-17-11-15/h3-6,9-10,15,17H,2,7-8,11H2,1H3. The van der Waals surface area contributed by atoms with E-state index in [0.29, 0.717) is 5.92 Å². The quantitative estimate of drug-likeness (QED) is 0.890. The molecule has 1 unspecified atom stereocenters. The van der Waals surface area contributed by atoms with Crippen LogP contribution in [0.2, 0.25) is 0 Å². The first-order chi connectivity index (χ1) is 8.86. The number of hydrogen-bond acceptors (Lipinski definition) is 2. The van der Waals surface area contributed by atoms with E-state index in [0.717, 1.165) is 25.4 Å². The van der Waals surface area contributed by atoms with Crippen LogP contribution in [0.1, 0.15) is 24.8 Å². The highest BCUT2D eigenvalue weighted by molar-refractivity contribution is 5.84. The van der Waals surface area contributed by atoms with Crippen molar-refractivity contribution in [2.24, 2.45) is 0 Å². The van der Waals surface area contributed by atoms with Crippen molar-refractivity contribution < 1.29 is 4.74 Å². The van der Waals surface area contributed by atoms with Gasteiger partial charge in [0, 0.05) is 6.54 Å². The Morgan fingerprint density at radius 1 is 1.17 bits per heavy atom. The average Bonchev–Trinajstić information content (AvgIpc) is 2.92. The Labute approximate surface area is 108 Å². The first-order valence-electron chi connectivity index (χ1n) is 6.74. The fraction of sp³-hybridized carbons (Fsp3) is 0.375. The molecule has 2 heteroatoms. The molecule has 94 valence electrons. The highest BCUT2D eigenvalue weighted by atomic mass is 16.5. The number of hydrogen-bond donors (Lipinski definition) is 1. The largest absolute Gasteiger partial charge is 0.494 e. The second-order valence-electron chi connectivity index (χ2n) is 4.89. The second-order valence-corrected chi connectivity index (χ2v) is 4.89. The third kappa shape index (κ3) is 2.21. The van der Waals surface area contributed by atoms with Gasteiger partial charge in [-0.15, -0.1) is 0 Å². The Bertz CT molecular complexity index is 544. The molecular weight excluding hydrogens is 222 g/mol. The van der Waals surface area contributed by atoms with Crippen LogP contribution in [0.5, 0.6) is 5.75 Å². The zero-order valence-corrected chi connectivity index (χ0v) is 10.8. The maximum Gasteiger partial charge on any atom is 0.119 e. The summed E-state index contributed by atoms with van der Waals surface area (Å²) in [6.45, 7) is 4.99. The van der Waals surface area contributed by atoms with E-state index in [2.05, 4.69) is 41.7 Å².